The first-order valence-electron chi connectivity index (χ1n) is 5.52. The first-order chi connectivity index (χ1) is 8.52. The van der Waals surface area contributed by atoms with Crippen molar-refractivity contribution in [3.05, 3.63) is 41.6 Å². The normalized spacial score (nSPS) is 14.4. The van der Waals surface area contributed by atoms with E-state index in [4.69, 9.17) is 0 Å². The number of hydrogen-bond donors (Lipinski definition) is 0. The van der Waals surface area contributed by atoms with Crippen molar-refractivity contribution in [3.8, 4) is 0 Å². The number of hydrogen-bond acceptors (Lipinski definition) is 3. The van der Waals surface area contributed by atoms with E-state index in [1.54, 1.807) is 22.7 Å². The molecule has 0 aromatic carbocycles. The molecule has 0 radical (unpaired) electrons. The van der Waals surface area contributed by atoms with Crippen molar-refractivity contribution in [1.29, 1.82) is 0 Å². The fourth-order valence-electron chi connectivity index (χ4n) is 1.86. The number of carbonyl (C=O) groups is 1. The molecule has 0 aliphatic rings. The van der Waals surface area contributed by atoms with Gasteiger partial charge in [0, 0.05) is 18.7 Å². The Kier molecular flexibility index (Phi) is 4.80. The van der Waals surface area contributed by atoms with Crippen LogP contribution in [0.1, 0.15) is 35.4 Å². The third-order valence-electron chi connectivity index (χ3n) is 2.93. The van der Waals surface area contributed by atoms with Crippen LogP contribution in [0.3, 0.4) is 0 Å². The predicted molar refractivity (Wildman–Crippen MR) is 85.9 cm³/mol. The Morgan fingerprint density at radius 1 is 1.00 bits per heavy atom. The summed E-state index contributed by atoms with van der Waals surface area (Å²) in [4.78, 5) is 14.7. The Bertz CT molecular complexity index is 511. The molecule has 0 aliphatic heterocycles. The van der Waals surface area contributed by atoms with Gasteiger partial charge in [0.05, 0.1) is 11.8 Å². The summed E-state index contributed by atoms with van der Waals surface area (Å²) >= 11 is 10.3. The van der Waals surface area contributed by atoms with Gasteiger partial charge < -0.3 is 0 Å². The average Bonchev–Trinajstić information content (AvgIpc) is 2.95. The third kappa shape index (κ3) is 2.79. The first kappa shape index (κ1) is 14.4. The highest BCUT2D eigenvalue weighted by molar-refractivity contribution is 9.10. The Labute approximate surface area is 131 Å². The highest BCUT2D eigenvalue weighted by Crippen LogP contribution is 2.37. The molecule has 2 aromatic heterocycles. The summed E-state index contributed by atoms with van der Waals surface area (Å²) in [5, 5.41) is 4.02. The van der Waals surface area contributed by atoms with Crippen LogP contribution in [0.15, 0.2) is 31.8 Å². The summed E-state index contributed by atoms with van der Waals surface area (Å²) in [6.45, 7) is 3.97. The van der Waals surface area contributed by atoms with Crippen molar-refractivity contribution in [2.75, 3.05) is 0 Å². The van der Waals surface area contributed by atoms with Gasteiger partial charge in [-0.3, -0.25) is 4.79 Å². The average molecular weight is 408 g/mol. The fraction of sp³-hybridized carbons (Fsp3) is 0.308. The van der Waals surface area contributed by atoms with E-state index in [1.165, 1.54) is 0 Å². The SMILES string of the molecule is CC(C(=O)C(C)c1sccc1Br)c1sccc1Br. The zero-order chi connectivity index (χ0) is 13.3. The lowest BCUT2D eigenvalue weighted by Crippen LogP contribution is -2.15. The summed E-state index contributed by atoms with van der Waals surface area (Å²) in [6.07, 6.45) is 0. The molecule has 5 heteroatoms. The second-order valence-electron chi connectivity index (χ2n) is 4.11. The maximum atomic E-state index is 12.5. The standard InChI is InChI=1S/C13H12Br2OS2/c1-7(12-9(14)3-5-17-12)11(16)8(2)13-10(15)4-6-18-13/h3-8H,1-2H3. The molecule has 0 N–H and O–H groups in total. The molecular formula is C13H12Br2OS2. The van der Waals surface area contributed by atoms with Crippen LogP contribution in [0.5, 0.6) is 0 Å². The lowest BCUT2D eigenvalue weighted by molar-refractivity contribution is -0.121. The summed E-state index contributed by atoms with van der Waals surface area (Å²) in [5.74, 6) is 0.132. The van der Waals surface area contributed by atoms with E-state index in [2.05, 4.69) is 31.9 Å². The predicted octanol–water partition coefficient (Wildman–Crippen LogP) is 5.81. The van der Waals surface area contributed by atoms with Crippen LogP contribution in [0.4, 0.5) is 0 Å². The van der Waals surface area contributed by atoms with Crippen LogP contribution in [0.25, 0.3) is 0 Å². The highest BCUT2D eigenvalue weighted by atomic mass is 79.9. The van der Waals surface area contributed by atoms with Gasteiger partial charge in [0.2, 0.25) is 0 Å². The second-order valence-corrected chi connectivity index (χ2v) is 7.72. The van der Waals surface area contributed by atoms with E-state index in [-0.39, 0.29) is 17.6 Å². The molecule has 0 spiro atoms. The number of thiophene rings is 2. The first-order valence-corrected chi connectivity index (χ1v) is 8.86. The summed E-state index contributed by atoms with van der Waals surface area (Å²) in [7, 11) is 0. The van der Waals surface area contributed by atoms with E-state index >= 15 is 0 Å². The molecular weight excluding hydrogens is 396 g/mol. The zero-order valence-corrected chi connectivity index (χ0v) is 14.7. The molecule has 0 aliphatic carbocycles. The Hall–Kier alpha value is 0.0300. The van der Waals surface area contributed by atoms with Gasteiger partial charge >= 0.3 is 0 Å². The maximum absolute atomic E-state index is 12.5. The summed E-state index contributed by atoms with van der Waals surface area (Å²) < 4.78 is 2.07. The van der Waals surface area contributed by atoms with Crippen LogP contribution >= 0.6 is 54.5 Å². The van der Waals surface area contributed by atoms with E-state index in [0.29, 0.717) is 0 Å². The third-order valence-corrected chi connectivity index (χ3v) is 7.04. The van der Waals surface area contributed by atoms with Crippen molar-refractivity contribution in [3.63, 3.8) is 0 Å². The minimum atomic E-state index is -0.0663. The van der Waals surface area contributed by atoms with E-state index in [1.807, 2.05) is 36.7 Å². The Balaban J connectivity index is 2.22. The van der Waals surface area contributed by atoms with Crippen molar-refractivity contribution < 1.29 is 4.79 Å². The monoisotopic (exact) mass is 406 g/mol. The highest BCUT2D eigenvalue weighted by Gasteiger charge is 2.26. The molecule has 2 atom stereocenters. The molecule has 2 unspecified atom stereocenters. The molecule has 0 saturated carbocycles. The van der Waals surface area contributed by atoms with Gasteiger partial charge in [-0.25, -0.2) is 0 Å². The van der Waals surface area contributed by atoms with Gasteiger partial charge in [0.1, 0.15) is 5.78 Å². The molecule has 0 fully saturated rings. The van der Waals surface area contributed by atoms with Crippen LogP contribution < -0.4 is 0 Å². The lowest BCUT2D eigenvalue weighted by Gasteiger charge is -2.15. The van der Waals surface area contributed by atoms with Gasteiger partial charge in [-0.1, -0.05) is 13.8 Å². The molecule has 2 rings (SSSR count). The maximum Gasteiger partial charge on any atom is 0.148 e. The van der Waals surface area contributed by atoms with Crippen molar-refractivity contribution in [2.45, 2.75) is 25.7 Å². The van der Waals surface area contributed by atoms with Crippen LogP contribution in [0, 0.1) is 0 Å². The van der Waals surface area contributed by atoms with Gasteiger partial charge in [-0.15, -0.1) is 22.7 Å². The second kappa shape index (κ2) is 5.99. The number of halogens is 2. The molecule has 0 bridgehead atoms. The molecule has 2 heterocycles. The van der Waals surface area contributed by atoms with E-state index in [9.17, 15) is 4.79 Å². The molecule has 2 aromatic rings. The summed E-state index contributed by atoms with van der Waals surface area (Å²) in [5.41, 5.74) is 0. The van der Waals surface area contributed by atoms with Gasteiger partial charge in [-0.2, -0.15) is 0 Å². The van der Waals surface area contributed by atoms with Gasteiger partial charge in [0.25, 0.3) is 0 Å². The number of rotatable bonds is 4. The zero-order valence-electron chi connectivity index (χ0n) is 9.94. The van der Waals surface area contributed by atoms with Crippen LogP contribution in [-0.2, 0) is 4.79 Å². The van der Waals surface area contributed by atoms with Crippen molar-refractivity contribution in [1.82, 2.24) is 0 Å². The molecule has 1 nitrogen and oxygen atoms in total. The number of carbonyl (C=O) groups excluding carboxylic acids is 1. The quantitative estimate of drug-likeness (QED) is 0.624. The minimum absolute atomic E-state index is 0.0663. The van der Waals surface area contributed by atoms with E-state index in [0.717, 1.165) is 18.7 Å². The Morgan fingerprint density at radius 3 is 1.67 bits per heavy atom. The topological polar surface area (TPSA) is 17.1 Å². The van der Waals surface area contributed by atoms with Crippen LogP contribution in [-0.4, -0.2) is 5.78 Å². The largest absolute Gasteiger partial charge is 0.298 e. The van der Waals surface area contributed by atoms with E-state index < -0.39 is 0 Å². The van der Waals surface area contributed by atoms with Crippen molar-refractivity contribution >= 4 is 60.3 Å². The lowest BCUT2D eigenvalue weighted by atomic mass is 9.93. The minimum Gasteiger partial charge on any atom is -0.298 e. The van der Waals surface area contributed by atoms with Crippen LogP contribution in [0.2, 0.25) is 0 Å². The van der Waals surface area contributed by atoms with Gasteiger partial charge in [-0.05, 0) is 54.8 Å². The summed E-state index contributed by atoms with van der Waals surface area (Å²) in [6, 6.07) is 3.99. The Morgan fingerprint density at radius 2 is 1.39 bits per heavy atom. The molecule has 0 saturated heterocycles. The molecule has 18 heavy (non-hydrogen) atoms. The number of Topliss-reactive ketones (excluding diaryl/α,β-unsaturated/α-hetero) is 1. The molecule has 96 valence electrons. The van der Waals surface area contributed by atoms with Gasteiger partial charge in [0.15, 0.2) is 0 Å². The molecule has 0 amide bonds. The van der Waals surface area contributed by atoms with Crippen molar-refractivity contribution in [2.24, 2.45) is 0 Å². The fourth-order valence-corrected chi connectivity index (χ4v) is 5.43. The smallest absolute Gasteiger partial charge is 0.148 e. The number of ketones is 1.